The van der Waals surface area contributed by atoms with Crippen LogP contribution in [0.25, 0.3) is 22.0 Å². The summed E-state index contributed by atoms with van der Waals surface area (Å²) >= 11 is 0. The van der Waals surface area contributed by atoms with E-state index in [0.29, 0.717) is 46.8 Å². The number of carbonyl (C=O) groups excluding carboxylic acids is 1. The number of nitrogens with two attached hydrogens (primary N) is 1. The van der Waals surface area contributed by atoms with Crippen LogP contribution in [0.3, 0.4) is 0 Å². The molecule has 2 unspecified atom stereocenters. The Kier molecular flexibility index (Phi) is 7.18. The van der Waals surface area contributed by atoms with E-state index in [1.165, 1.54) is 12.1 Å². The molecule has 1 aliphatic heterocycles. The highest BCUT2D eigenvalue weighted by molar-refractivity contribution is 6.00. The zero-order valence-electron chi connectivity index (χ0n) is 20.1. The van der Waals surface area contributed by atoms with E-state index in [0.717, 1.165) is 17.8 Å². The van der Waals surface area contributed by atoms with Crippen molar-refractivity contribution >= 4 is 34.1 Å². The minimum absolute atomic E-state index is 0.0632. The van der Waals surface area contributed by atoms with Gasteiger partial charge in [0.2, 0.25) is 11.9 Å². The third kappa shape index (κ3) is 5.34. The number of halogens is 1. The van der Waals surface area contributed by atoms with E-state index in [4.69, 9.17) is 10.5 Å². The number of anilines is 3. The topological polar surface area (TPSA) is 114 Å². The molecule has 0 aliphatic carbocycles. The maximum absolute atomic E-state index is 15.1. The fourth-order valence-corrected chi connectivity index (χ4v) is 4.43. The van der Waals surface area contributed by atoms with Crippen molar-refractivity contribution in [3.8, 4) is 11.1 Å². The minimum atomic E-state index is -0.427. The highest BCUT2D eigenvalue weighted by atomic mass is 19.1. The van der Waals surface area contributed by atoms with Gasteiger partial charge in [0.15, 0.2) is 0 Å². The van der Waals surface area contributed by atoms with Gasteiger partial charge in [-0.2, -0.15) is 0 Å². The van der Waals surface area contributed by atoms with E-state index in [2.05, 4.69) is 32.5 Å². The third-order valence-corrected chi connectivity index (χ3v) is 6.23. The van der Waals surface area contributed by atoms with Crippen LogP contribution in [0.2, 0.25) is 0 Å². The second kappa shape index (κ2) is 10.8. The molecule has 1 saturated heterocycles. The van der Waals surface area contributed by atoms with Crippen LogP contribution in [0.5, 0.6) is 0 Å². The van der Waals surface area contributed by atoms with Gasteiger partial charge in [-0.15, -0.1) is 0 Å². The van der Waals surface area contributed by atoms with Gasteiger partial charge < -0.3 is 26.4 Å². The van der Waals surface area contributed by atoms with E-state index in [1.54, 1.807) is 36.5 Å². The molecule has 0 radical (unpaired) electrons. The highest BCUT2D eigenvalue weighted by Gasteiger charge is 2.25. The number of fused-ring (bicyclic) bond motifs is 1. The van der Waals surface area contributed by atoms with Crippen LogP contribution in [0.15, 0.2) is 79.5 Å². The molecule has 8 nitrogen and oxygen atoms in total. The molecule has 9 heteroatoms. The molecule has 37 heavy (non-hydrogen) atoms. The van der Waals surface area contributed by atoms with E-state index in [1.807, 2.05) is 24.3 Å². The van der Waals surface area contributed by atoms with E-state index in [9.17, 15) is 4.79 Å². The standard InChI is InChI=1S/C28H27FN6O2/c1-2-24(36)33-21-5-3-4-18(14-21)25-22(29)11-8-19-16-32-28(35-26(19)25)34-20-9-6-17(7-10-20)27-23(15-30)31-12-13-37-27/h2-11,14,16,23,27,31H,1,12-13,15,30H2,(H,33,36)(H,32,34,35). The summed E-state index contributed by atoms with van der Waals surface area (Å²) < 4.78 is 21.0. The van der Waals surface area contributed by atoms with Gasteiger partial charge in [-0.1, -0.05) is 30.8 Å². The summed E-state index contributed by atoms with van der Waals surface area (Å²) in [4.78, 5) is 20.8. The first-order valence-electron chi connectivity index (χ1n) is 12.0. The van der Waals surface area contributed by atoms with E-state index >= 15 is 4.39 Å². The molecular weight excluding hydrogens is 471 g/mol. The van der Waals surface area contributed by atoms with Crippen molar-refractivity contribution in [2.24, 2.45) is 5.73 Å². The summed E-state index contributed by atoms with van der Waals surface area (Å²) in [5, 5.41) is 9.98. The van der Waals surface area contributed by atoms with Crippen LogP contribution in [-0.2, 0) is 9.53 Å². The fraction of sp³-hybridized carbons (Fsp3) is 0.179. The molecule has 2 heterocycles. The number of rotatable bonds is 7. The summed E-state index contributed by atoms with van der Waals surface area (Å²) in [6, 6.07) is 17.8. The number of aromatic nitrogens is 2. The quantitative estimate of drug-likeness (QED) is 0.281. The second-order valence-electron chi connectivity index (χ2n) is 8.66. The number of hydrogen-bond acceptors (Lipinski definition) is 7. The van der Waals surface area contributed by atoms with Gasteiger partial charge in [-0.3, -0.25) is 4.79 Å². The predicted octanol–water partition coefficient (Wildman–Crippen LogP) is 4.29. The lowest BCUT2D eigenvalue weighted by Gasteiger charge is -2.32. The second-order valence-corrected chi connectivity index (χ2v) is 8.66. The number of hydrogen-bond donors (Lipinski definition) is 4. The Morgan fingerprint density at radius 1 is 1.19 bits per heavy atom. The first kappa shape index (κ1) is 24.5. The van der Waals surface area contributed by atoms with Crippen molar-refractivity contribution in [2.45, 2.75) is 12.1 Å². The van der Waals surface area contributed by atoms with Gasteiger partial charge in [-0.05, 0) is 53.6 Å². The van der Waals surface area contributed by atoms with Crippen molar-refractivity contribution in [1.82, 2.24) is 15.3 Å². The Balaban J connectivity index is 1.44. The van der Waals surface area contributed by atoms with Crippen LogP contribution in [0.4, 0.5) is 21.7 Å². The lowest BCUT2D eigenvalue weighted by molar-refractivity contribution is -0.111. The fourth-order valence-electron chi connectivity index (χ4n) is 4.43. The number of carbonyl (C=O) groups is 1. The molecule has 0 saturated carbocycles. The number of nitrogens with zero attached hydrogens (tertiary/aromatic N) is 2. The van der Waals surface area contributed by atoms with Crippen LogP contribution in [0.1, 0.15) is 11.7 Å². The SMILES string of the molecule is C=CC(=O)Nc1cccc(-c2c(F)ccc3cnc(Nc4ccc(C5OCCNC5CN)cc4)nc23)c1. The van der Waals surface area contributed by atoms with Crippen LogP contribution >= 0.6 is 0 Å². The molecule has 5 rings (SSSR count). The van der Waals surface area contributed by atoms with Crippen molar-refractivity contribution in [3.05, 3.63) is 90.9 Å². The number of amides is 1. The smallest absolute Gasteiger partial charge is 0.247 e. The number of benzene rings is 3. The molecular formula is C28H27FN6O2. The molecule has 1 fully saturated rings. The summed E-state index contributed by atoms with van der Waals surface area (Å²) in [6.45, 7) is 5.37. The molecule has 2 atom stereocenters. The third-order valence-electron chi connectivity index (χ3n) is 6.23. The van der Waals surface area contributed by atoms with E-state index < -0.39 is 5.82 Å². The normalized spacial score (nSPS) is 17.4. The Morgan fingerprint density at radius 3 is 2.81 bits per heavy atom. The van der Waals surface area contributed by atoms with Gasteiger partial charge in [0, 0.05) is 47.7 Å². The van der Waals surface area contributed by atoms with Crippen molar-refractivity contribution in [2.75, 3.05) is 30.3 Å². The summed E-state index contributed by atoms with van der Waals surface area (Å²) in [5.74, 6) is -0.442. The van der Waals surface area contributed by atoms with Gasteiger partial charge in [0.25, 0.3) is 0 Å². The first-order chi connectivity index (χ1) is 18.1. The van der Waals surface area contributed by atoms with Gasteiger partial charge >= 0.3 is 0 Å². The van der Waals surface area contributed by atoms with Crippen LogP contribution in [0, 0.1) is 5.82 Å². The summed E-state index contributed by atoms with van der Waals surface area (Å²) in [5.41, 5.74) is 9.58. The predicted molar refractivity (Wildman–Crippen MR) is 143 cm³/mol. The number of ether oxygens (including phenoxy) is 1. The molecule has 1 aromatic heterocycles. The maximum Gasteiger partial charge on any atom is 0.247 e. The van der Waals surface area contributed by atoms with Gasteiger partial charge in [0.1, 0.15) is 5.82 Å². The monoisotopic (exact) mass is 498 g/mol. The average molecular weight is 499 g/mol. The Bertz CT molecular complexity index is 1440. The number of morpholine rings is 1. The minimum Gasteiger partial charge on any atom is -0.371 e. The molecule has 4 aromatic rings. The lowest BCUT2D eigenvalue weighted by atomic mass is 10.0. The molecule has 0 bridgehead atoms. The van der Waals surface area contributed by atoms with E-state index in [-0.39, 0.29) is 18.1 Å². The molecule has 1 amide bonds. The van der Waals surface area contributed by atoms with Crippen molar-refractivity contribution in [1.29, 1.82) is 0 Å². The molecule has 5 N–H and O–H groups in total. The van der Waals surface area contributed by atoms with Crippen molar-refractivity contribution in [3.63, 3.8) is 0 Å². The summed E-state index contributed by atoms with van der Waals surface area (Å²) in [7, 11) is 0. The Morgan fingerprint density at radius 2 is 2.03 bits per heavy atom. The first-order valence-corrected chi connectivity index (χ1v) is 12.0. The Hall–Kier alpha value is -4.18. The van der Waals surface area contributed by atoms with Crippen LogP contribution in [-0.4, -0.2) is 41.6 Å². The zero-order chi connectivity index (χ0) is 25.8. The molecule has 1 aliphatic rings. The molecule has 188 valence electrons. The Labute approximate surface area is 213 Å². The lowest BCUT2D eigenvalue weighted by Crippen LogP contribution is -2.47. The molecule has 3 aromatic carbocycles. The largest absolute Gasteiger partial charge is 0.371 e. The summed E-state index contributed by atoms with van der Waals surface area (Å²) in [6.07, 6.45) is 2.72. The van der Waals surface area contributed by atoms with Crippen molar-refractivity contribution < 1.29 is 13.9 Å². The number of nitrogens with one attached hydrogen (secondary N) is 3. The van der Waals surface area contributed by atoms with Crippen LogP contribution < -0.4 is 21.7 Å². The average Bonchev–Trinajstić information content (AvgIpc) is 2.93. The van der Waals surface area contributed by atoms with Gasteiger partial charge in [-0.25, -0.2) is 14.4 Å². The van der Waals surface area contributed by atoms with Gasteiger partial charge in [0.05, 0.1) is 18.2 Å². The highest BCUT2D eigenvalue weighted by Crippen LogP contribution is 2.32. The maximum atomic E-state index is 15.1. The zero-order valence-corrected chi connectivity index (χ0v) is 20.1. The molecule has 0 spiro atoms.